The predicted octanol–water partition coefficient (Wildman–Crippen LogP) is 15.3. The fraction of sp³-hybridized carbons (Fsp3) is 0. The van der Waals surface area contributed by atoms with Crippen LogP contribution in [0.1, 0.15) is 0 Å². The molecule has 0 atom stereocenters. The molecule has 10 aromatic rings. The lowest BCUT2D eigenvalue weighted by atomic mass is 9.90. The first-order valence-electron chi connectivity index (χ1n) is 18.9. The monoisotopic (exact) mass is 699 g/mol. The van der Waals surface area contributed by atoms with E-state index in [2.05, 4.69) is 229 Å². The van der Waals surface area contributed by atoms with Gasteiger partial charge in [0.25, 0.3) is 0 Å². The molecule has 1 nitrogen and oxygen atoms in total. The molecule has 10 aromatic carbocycles. The van der Waals surface area contributed by atoms with Gasteiger partial charge in [0.05, 0.1) is 0 Å². The molecule has 1 heteroatoms. The minimum Gasteiger partial charge on any atom is -0.310 e. The number of hydrogen-bond donors (Lipinski definition) is 0. The molecule has 0 saturated heterocycles. The minimum atomic E-state index is 1.10. The summed E-state index contributed by atoms with van der Waals surface area (Å²) in [7, 11) is 0. The standard InChI is InChI=1S/C54H37N/c1-3-11-38(12-4-1)45-21-22-48-37-51(33-27-47(48)36-45)55(49-29-23-40(24-30-49)46-20-19-39-13-7-8-17-44(39)35-46)50-31-25-42(26-32-50)53-34-28-41-14-9-10-18-52(41)54(53)43-15-5-2-6-16-43/h1-37H. The van der Waals surface area contributed by atoms with E-state index in [1.165, 1.54) is 76.8 Å². The Morgan fingerprint density at radius 1 is 0.236 bits per heavy atom. The Kier molecular flexibility index (Phi) is 8.24. The van der Waals surface area contributed by atoms with Gasteiger partial charge in [-0.1, -0.05) is 176 Å². The third-order valence-corrected chi connectivity index (χ3v) is 10.8. The molecule has 258 valence electrons. The Balaban J connectivity index is 1.07. The van der Waals surface area contributed by atoms with Crippen molar-refractivity contribution in [2.75, 3.05) is 4.90 Å². The first kappa shape index (κ1) is 32.4. The van der Waals surface area contributed by atoms with Gasteiger partial charge in [0, 0.05) is 17.1 Å². The third kappa shape index (κ3) is 6.22. The van der Waals surface area contributed by atoms with E-state index in [0.29, 0.717) is 0 Å². The van der Waals surface area contributed by atoms with Gasteiger partial charge in [-0.2, -0.15) is 0 Å². The van der Waals surface area contributed by atoms with Gasteiger partial charge in [-0.3, -0.25) is 0 Å². The van der Waals surface area contributed by atoms with Crippen LogP contribution in [-0.2, 0) is 0 Å². The molecule has 55 heavy (non-hydrogen) atoms. The van der Waals surface area contributed by atoms with Crippen LogP contribution in [0.3, 0.4) is 0 Å². The fourth-order valence-electron chi connectivity index (χ4n) is 8.02. The summed E-state index contributed by atoms with van der Waals surface area (Å²) >= 11 is 0. The van der Waals surface area contributed by atoms with Crippen molar-refractivity contribution in [3.05, 3.63) is 224 Å². The Hall–Kier alpha value is -7.22. The summed E-state index contributed by atoms with van der Waals surface area (Å²) in [6.45, 7) is 0. The first-order valence-corrected chi connectivity index (χ1v) is 18.9. The second-order valence-corrected chi connectivity index (χ2v) is 14.2. The first-order chi connectivity index (χ1) is 27.2. The van der Waals surface area contributed by atoms with Crippen LogP contribution in [0.2, 0.25) is 0 Å². The average Bonchev–Trinajstić information content (AvgIpc) is 3.27. The van der Waals surface area contributed by atoms with Crippen LogP contribution in [0.4, 0.5) is 17.1 Å². The molecular formula is C54H37N. The van der Waals surface area contributed by atoms with E-state index in [-0.39, 0.29) is 0 Å². The van der Waals surface area contributed by atoms with Gasteiger partial charge in [-0.25, -0.2) is 0 Å². The van der Waals surface area contributed by atoms with Crippen LogP contribution in [0.25, 0.3) is 76.8 Å². The molecule has 0 fully saturated rings. The highest BCUT2D eigenvalue weighted by molar-refractivity contribution is 6.04. The van der Waals surface area contributed by atoms with Crippen LogP contribution < -0.4 is 4.90 Å². The minimum absolute atomic E-state index is 1.10. The molecule has 0 aliphatic rings. The summed E-state index contributed by atoms with van der Waals surface area (Å²) in [6, 6.07) is 81.5. The van der Waals surface area contributed by atoms with Crippen molar-refractivity contribution in [3.8, 4) is 44.5 Å². The van der Waals surface area contributed by atoms with Gasteiger partial charge in [-0.15, -0.1) is 0 Å². The van der Waals surface area contributed by atoms with Crippen molar-refractivity contribution >= 4 is 49.4 Å². The highest BCUT2D eigenvalue weighted by atomic mass is 15.1. The molecule has 0 aliphatic heterocycles. The van der Waals surface area contributed by atoms with E-state index in [1.54, 1.807) is 0 Å². The van der Waals surface area contributed by atoms with Crippen LogP contribution in [-0.4, -0.2) is 0 Å². The van der Waals surface area contributed by atoms with Crippen LogP contribution in [0, 0.1) is 0 Å². The summed E-state index contributed by atoms with van der Waals surface area (Å²) in [6.07, 6.45) is 0. The second kappa shape index (κ2) is 14.0. The van der Waals surface area contributed by atoms with Crippen LogP contribution >= 0.6 is 0 Å². The van der Waals surface area contributed by atoms with Crippen LogP contribution in [0.5, 0.6) is 0 Å². The molecule has 0 unspecified atom stereocenters. The van der Waals surface area contributed by atoms with E-state index < -0.39 is 0 Å². The number of hydrogen-bond acceptors (Lipinski definition) is 1. The second-order valence-electron chi connectivity index (χ2n) is 14.2. The molecular weight excluding hydrogens is 663 g/mol. The maximum absolute atomic E-state index is 2.37. The van der Waals surface area contributed by atoms with Crippen molar-refractivity contribution in [1.82, 2.24) is 0 Å². The van der Waals surface area contributed by atoms with Gasteiger partial charge in [0.2, 0.25) is 0 Å². The average molecular weight is 700 g/mol. The maximum Gasteiger partial charge on any atom is 0.0468 e. The predicted molar refractivity (Wildman–Crippen MR) is 235 cm³/mol. The molecule has 0 bridgehead atoms. The Labute approximate surface area is 322 Å². The van der Waals surface area contributed by atoms with Gasteiger partial charge >= 0.3 is 0 Å². The molecule has 0 heterocycles. The lowest BCUT2D eigenvalue weighted by Crippen LogP contribution is -2.09. The number of rotatable bonds is 7. The van der Waals surface area contributed by atoms with Gasteiger partial charge in [0.15, 0.2) is 0 Å². The molecule has 0 saturated carbocycles. The van der Waals surface area contributed by atoms with Crippen molar-refractivity contribution in [2.45, 2.75) is 0 Å². The van der Waals surface area contributed by atoms with Crippen molar-refractivity contribution in [2.24, 2.45) is 0 Å². The van der Waals surface area contributed by atoms with E-state index in [0.717, 1.165) is 17.1 Å². The third-order valence-electron chi connectivity index (χ3n) is 10.8. The Morgan fingerprint density at radius 2 is 0.673 bits per heavy atom. The summed E-state index contributed by atoms with van der Waals surface area (Å²) < 4.78 is 0. The number of nitrogens with zero attached hydrogens (tertiary/aromatic N) is 1. The molecule has 0 amide bonds. The van der Waals surface area contributed by atoms with Gasteiger partial charge in [-0.05, 0) is 125 Å². The lowest BCUT2D eigenvalue weighted by molar-refractivity contribution is 1.29. The summed E-state index contributed by atoms with van der Waals surface area (Å²) in [5.41, 5.74) is 13.1. The van der Waals surface area contributed by atoms with Crippen LogP contribution in [0.15, 0.2) is 224 Å². The Morgan fingerprint density at radius 3 is 1.36 bits per heavy atom. The number of fused-ring (bicyclic) bond motifs is 3. The topological polar surface area (TPSA) is 3.24 Å². The van der Waals surface area contributed by atoms with Crippen molar-refractivity contribution < 1.29 is 0 Å². The van der Waals surface area contributed by atoms with Gasteiger partial charge in [0.1, 0.15) is 0 Å². The smallest absolute Gasteiger partial charge is 0.0468 e. The molecule has 0 spiro atoms. The normalized spacial score (nSPS) is 11.3. The molecule has 0 N–H and O–H groups in total. The maximum atomic E-state index is 2.37. The van der Waals surface area contributed by atoms with E-state index in [1.807, 2.05) is 0 Å². The summed E-state index contributed by atoms with van der Waals surface area (Å²) in [5.74, 6) is 0. The molecule has 0 aliphatic carbocycles. The molecule has 10 rings (SSSR count). The zero-order valence-corrected chi connectivity index (χ0v) is 30.3. The summed E-state index contributed by atoms with van der Waals surface area (Å²) in [5, 5.41) is 7.43. The largest absolute Gasteiger partial charge is 0.310 e. The zero-order chi connectivity index (χ0) is 36.6. The number of benzene rings is 10. The van der Waals surface area contributed by atoms with Crippen molar-refractivity contribution in [3.63, 3.8) is 0 Å². The highest BCUT2D eigenvalue weighted by Crippen LogP contribution is 2.42. The quantitative estimate of drug-likeness (QED) is 0.160. The molecule has 0 radical (unpaired) electrons. The fourth-order valence-corrected chi connectivity index (χ4v) is 8.02. The van der Waals surface area contributed by atoms with E-state index >= 15 is 0 Å². The zero-order valence-electron chi connectivity index (χ0n) is 30.3. The SMILES string of the molecule is c1ccc(-c2ccc3cc(N(c4ccc(-c5ccc6ccccc6c5)cc4)c4ccc(-c5ccc6ccccc6c5-c5ccccc5)cc4)ccc3c2)cc1. The lowest BCUT2D eigenvalue weighted by Gasteiger charge is -2.26. The van der Waals surface area contributed by atoms with E-state index in [9.17, 15) is 0 Å². The Bertz CT molecular complexity index is 2950. The summed E-state index contributed by atoms with van der Waals surface area (Å²) in [4.78, 5) is 2.37. The number of anilines is 3. The molecule has 0 aromatic heterocycles. The van der Waals surface area contributed by atoms with E-state index in [4.69, 9.17) is 0 Å². The highest BCUT2D eigenvalue weighted by Gasteiger charge is 2.16. The van der Waals surface area contributed by atoms with Gasteiger partial charge < -0.3 is 4.90 Å². The van der Waals surface area contributed by atoms with Crippen molar-refractivity contribution in [1.29, 1.82) is 0 Å².